The molecule has 1 aliphatic heterocycles. The molecule has 1 aromatic heterocycles. The quantitative estimate of drug-likeness (QED) is 0.715. The van der Waals surface area contributed by atoms with Gasteiger partial charge in [0.2, 0.25) is 5.91 Å². The first-order valence-corrected chi connectivity index (χ1v) is 5.39. The molecule has 1 aliphatic rings. The summed E-state index contributed by atoms with van der Waals surface area (Å²) in [5.41, 5.74) is 6.13. The molecular weight excluding hydrogens is 206 g/mol. The smallest absolute Gasteiger partial charge is 0.244 e. The van der Waals surface area contributed by atoms with E-state index in [1.54, 1.807) is 17.1 Å². The highest BCUT2D eigenvalue weighted by molar-refractivity contribution is 5.76. The number of nitrogen functional groups attached to an aromatic ring is 1. The first kappa shape index (κ1) is 10.9. The summed E-state index contributed by atoms with van der Waals surface area (Å²) >= 11 is 0. The van der Waals surface area contributed by atoms with Crippen LogP contribution in [0, 0.1) is 0 Å². The largest absolute Gasteiger partial charge is 0.396 e. The lowest BCUT2D eigenvalue weighted by molar-refractivity contribution is -0.133. The van der Waals surface area contributed by atoms with Gasteiger partial charge >= 0.3 is 0 Å². The lowest BCUT2D eigenvalue weighted by atomic mass is 10.3. The molecule has 0 aliphatic carbocycles. The molecule has 0 bridgehead atoms. The number of nitrogens with zero attached hydrogens (tertiary/aromatic N) is 4. The maximum Gasteiger partial charge on any atom is 0.244 e. The molecule has 6 nitrogen and oxygen atoms in total. The third-order valence-electron chi connectivity index (χ3n) is 2.81. The van der Waals surface area contributed by atoms with E-state index < -0.39 is 0 Å². The summed E-state index contributed by atoms with van der Waals surface area (Å²) in [7, 11) is 2.07. The van der Waals surface area contributed by atoms with E-state index in [0.717, 1.165) is 26.2 Å². The molecule has 2 N–H and O–H groups in total. The van der Waals surface area contributed by atoms with Gasteiger partial charge in [0, 0.05) is 32.4 Å². The van der Waals surface area contributed by atoms with E-state index in [2.05, 4.69) is 17.0 Å². The van der Waals surface area contributed by atoms with Crippen LogP contribution >= 0.6 is 0 Å². The highest BCUT2D eigenvalue weighted by Gasteiger charge is 2.19. The number of hydrogen-bond acceptors (Lipinski definition) is 4. The average molecular weight is 223 g/mol. The molecule has 0 aromatic carbocycles. The van der Waals surface area contributed by atoms with E-state index in [0.29, 0.717) is 5.69 Å². The van der Waals surface area contributed by atoms with Gasteiger partial charge in [0.25, 0.3) is 0 Å². The van der Waals surface area contributed by atoms with Gasteiger partial charge in [0.1, 0.15) is 6.54 Å². The van der Waals surface area contributed by atoms with E-state index in [-0.39, 0.29) is 12.5 Å². The predicted octanol–water partition coefficient (Wildman–Crippen LogP) is -0.761. The Morgan fingerprint density at radius 1 is 1.44 bits per heavy atom. The maximum absolute atomic E-state index is 11.9. The third-order valence-corrected chi connectivity index (χ3v) is 2.81. The minimum Gasteiger partial charge on any atom is -0.396 e. The van der Waals surface area contributed by atoms with Crippen LogP contribution in [0.15, 0.2) is 12.4 Å². The van der Waals surface area contributed by atoms with Crippen molar-refractivity contribution in [2.75, 3.05) is 39.0 Å². The highest BCUT2D eigenvalue weighted by atomic mass is 16.2. The normalized spacial score (nSPS) is 17.7. The van der Waals surface area contributed by atoms with Crippen LogP contribution in [-0.4, -0.2) is 58.7 Å². The molecule has 6 heteroatoms. The summed E-state index contributed by atoms with van der Waals surface area (Å²) in [6.07, 6.45) is 3.23. The molecule has 1 amide bonds. The SMILES string of the molecule is CN1CCN(C(=O)Cn2cc(N)cn2)CC1. The van der Waals surface area contributed by atoms with Crippen molar-refractivity contribution in [3.05, 3.63) is 12.4 Å². The minimum absolute atomic E-state index is 0.108. The van der Waals surface area contributed by atoms with Crippen molar-refractivity contribution in [3.8, 4) is 0 Å². The zero-order valence-electron chi connectivity index (χ0n) is 9.46. The van der Waals surface area contributed by atoms with Crippen molar-refractivity contribution >= 4 is 11.6 Å². The Morgan fingerprint density at radius 3 is 2.69 bits per heavy atom. The maximum atomic E-state index is 11.9. The molecular formula is C10H17N5O. The Labute approximate surface area is 94.6 Å². The molecule has 0 unspecified atom stereocenters. The average Bonchev–Trinajstić information content (AvgIpc) is 2.65. The Hall–Kier alpha value is -1.56. The monoisotopic (exact) mass is 223 g/mol. The molecule has 88 valence electrons. The number of piperazine rings is 1. The van der Waals surface area contributed by atoms with Gasteiger partial charge in [0.15, 0.2) is 0 Å². The number of carbonyl (C=O) groups is 1. The van der Waals surface area contributed by atoms with Crippen molar-refractivity contribution in [1.29, 1.82) is 0 Å². The molecule has 0 radical (unpaired) electrons. The molecule has 1 saturated heterocycles. The van der Waals surface area contributed by atoms with Crippen molar-refractivity contribution < 1.29 is 4.79 Å². The van der Waals surface area contributed by atoms with E-state index in [9.17, 15) is 4.79 Å². The van der Waals surface area contributed by atoms with E-state index in [1.807, 2.05) is 4.90 Å². The second-order valence-corrected chi connectivity index (χ2v) is 4.16. The van der Waals surface area contributed by atoms with Crippen LogP contribution in [0.5, 0.6) is 0 Å². The van der Waals surface area contributed by atoms with Crippen LogP contribution < -0.4 is 5.73 Å². The van der Waals surface area contributed by atoms with E-state index >= 15 is 0 Å². The summed E-state index contributed by atoms with van der Waals surface area (Å²) in [5.74, 6) is 0.108. The van der Waals surface area contributed by atoms with Gasteiger partial charge in [-0.2, -0.15) is 5.10 Å². The number of aromatic nitrogens is 2. The van der Waals surface area contributed by atoms with Gasteiger partial charge in [-0.25, -0.2) is 0 Å². The number of carbonyl (C=O) groups excluding carboxylic acids is 1. The first-order valence-electron chi connectivity index (χ1n) is 5.39. The summed E-state index contributed by atoms with van der Waals surface area (Å²) in [6.45, 7) is 3.75. The first-order chi connectivity index (χ1) is 7.65. The Bertz CT molecular complexity index is 367. The number of likely N-dealkylation sites (N-methyl/N-ethyl adjacent to an activating group) is 1. The van der Waals surface area contributed by atoms with Gasteiger partial charge in [-0.05, 0) is 7.05 Å². The number of nitrogens with two attached hydrogens (primary N) is 1. The van der Waals surface area contributed by atoms with Crippen molar-refractivity contribution in [3.63, 3.8) is 0 Å². The molecule has 1 fully saturated rings. The van der Waals surface area contributed by atoms with Gasteiger partial charge < -0.3 is 15.5 Å². The number of anilines is 1. The minimum atomic E-state index is 0.108. The topological polar surface area (TPSA) is 67.4 Å². The third kappa shape index (κ3) is 2.52. The van der Waals surface area contributed by atoms with Crippen LogP contribution in [-0.2, 0) is 11.3 Å². The zero-order chi connectivity index (χ0) is 11.5. The Balaban J connectivity index is 1.88. The molecule has 2 heterocycles. The van der Waals surface area contributed by atoms with Gasteiger partial charge in [-0.15, -0.1) is 0 Å². The summed E-state index contributed by atoms with van der Waals surface area (Å²) in [5, 5.41) is 4.00. The fourth-order valence-corrected chi connectivity index (χ4v) is 1.76. The summed E-state index contributed by atoms with van der Waals surface area (Å²) in [6, 6.07) is 0. The standard InChI is InChI=1S/C10H17N5O/c1-13-2-4-14(5-3-13)10(16)8-15-7-9(11)6-12-15/h6-7H,2-5,8,11H2,1H3. The molecule has 16 heavy (non-hydrogen) atoms. The molecule has 0 atom stereocenters. The van der Waals surface area contributed by atoms with E-state index in [1.165, 1.54) is 0 Å². The molecule has 2 rings (SSSR count). The Kier molecular flexibility index (Phi) is 3.09. The van der Waals surface area contributed by atoms with Crippen molar-refractivity contribution in [1.82, 2.24) is 19.6 Å². The highest BCUT2D eigenvalue weighted by Crippen LogP contribution is 2.03. The second-order valence-electron chi connectivity index (χ2n) is 4.16. The lowest BCUT2D eigenvalue weighted by Crippen LogP contribution is -2.48. The van der Waals surface area contributed by atoms with Crippen molar-refractivity contribution in [2.45, 2.75) is 6.54 Å². The number of rotatable bonds is 2. The van der Waals surface area contributed by atoms with Crippen molar-refractivity contribution in [2.24, 2.45) is 0 Å². The number of amides is 1. The number of hydrogen-bond donors (Lipinski definition) is 1. The fourth-order valence-electron chi connectivity index (χ4n) is 1.76. The van der Waals surface area contributed by atoms with E-state index in [4.69, 9.17) is 5.73 Å². The lowest BCUT2D eigenvalue weighted by Gasteiger charge is -2.32. The predicted molar refractivity (Wildman–Crippen MR) is 60.7 cm³/mol. The summed E-state index contributed by atoms with van der Waals surface area (Å²) in [4.78, 5) is 16.0. The van der Waals surface area contributed by atoms with Crippen LogP contribution in [0.2, 0.25) is 0 Å². The Morgan fingerprint density at radius 2 is 2.12 bits per heavy atom. The molecule has 0 saturated carbocycles. The van der Waals surface area contributed by atoms with Crippen LogP contribution in [0.25, 0.3) is 0 Å². The molecule has 0 spiro atoms. The van der Waals surface area contributed by atoms with Crippen LogP contribution in [0.4, 0.5) is 5.69 Å². The van der Waals surface area contributed by atoms with Crippen LogP contribution in [0.3, 0.4) is 0 Å². The van der Waals surface area contributed by atoms with Gasteiger partial charge in [-0.1, -0.05) is 0 Å². The second kappa shape index (κ2) is 4.52. The zero-order valence-corrected chi connectivity index (χ0v) is 9.46. The fraction of sp³-hybridized carbons (Fsp3) is 0.600. The molecule has 1 aromatic rings. The summed E-state index contributed by atoms with van der Waals surface area (Å²) < 4.78 is 1.58. The van der Waals surface area contributed by atoms with Gasteiger partial charge in [-0.3, -0.25) is 9.48 Å². The van der Waals surface area contributed by atoms with Crippen LogP contribution in [0.1, 0.15) is 0 Å². The van der Waals surface area contributed by atoms with Gasteiger partial charge in [0.05, 0.1) is 11.9 Å².